The summed E-state index contributed by atoms with van der Waals surface area (Å²) in [6.45, 7) is 1.90. The molecule has 34 heavy (non-hydrogen) atoms. The van der Waals surface area contributed by atoms with E-state index < -0.39 is 10.0 Å². The van der Waals surface area contributed by atoms with E-state index in [1.807, 2.05) is 43.5 Å². The second-order valence-electron chi connectivity index (χ2n) is 9.15. The molecule has 7 nitrogen and oxygen atoms in total. The third kappa shape index (κ3) is 4.42. The summed E-state index contributed by atoms with van der Waals surface area (Å²) in [4.78, 5) is 6.79. The van der Waals surface area contributed by atoms with Gasteiger partial charge in [0.1, 0.15) is 6.04 Å². The van der Waals surface area contributed by atoms with Crippen molar-refractivity contribution in [3.8, 4) is 0 Å². The van der Waals surface area contributed by atoms with E-state index in [0.717, 1.165) is 23.2 Å². The number of nitrogens with one attached hydrogen (secondary N) is 2. The van der Waals surface area contributed by atoms with Gasteiger partial charge < -0.3 is 14.8 Å². The van der Waals surface area contributed by atoms with Gasteiger partial charge in [0, 0.05) is 29.8 Å². The summed E-state index contributed by atoms with van der Waals surface area (Å²) in [5, 5.41) is 4.15. The minimum Gasteiger partial charge on any atom is -0.351 e. The van der Waals surface area contributed by atoms with E-state index in [1.54, 1.807) is 6.07 Å². The van der Waals surface area contributed by atoms with Crippen LogP contribution in [0.4, 0.5) is 11.4 Å². The van der Waals surface area contributed by atoms with Crippen LogP contribution in [0.25, 0.3) is 0 Å². The van der Waals surface area contributed by atoms with Gasteiger partial charge in [-0.1, -0.05) is 18.9 Å². The Bertz CT molecular complexity index is 1300. The molecule has 0 bridgehead atoms. The number of pyridine rings is 1. The number of sulfonamides is 1. The monoisotopic (exact) mass is 495 g/mol. The van der Waals surface area contributed by atoms with Crippen molar-refractivity contribution in [3.63, 3.8) is 0 Å². The van der Waals surface area contributed by atoms with Gasteiger partial charge in [0.2, 0.25) is 10.0 Å². The molecule has 1 saturated heterocycles. The summed E-state index contributed by atoms with van der Waals surface area (Å²) in [5.41, 5.74) is 4.44. The predicted molar refractivity (Wildman–Crippen MR) is 140 cm³/mol. The molecule has 1 aliphatic heterocycles. The topological polar surface area (TPSA) is 79.3 Å². The second kappa shape index (κ2) is 9.03. The molecule has 9 heteroatoms. The first kappa shape index (κ1) is 22.9. The van der Waals surface area contributed by atoms with E-state index in [2.05, 4.69) is 42.8 Å². The van der Waals surface area contributed by atoms with Gasteiger partial charge in [-0.2, -0.15) is 0 Å². The van der Waals surface area contributed by atoms with Crippen molar-refractivity contribution in [2.24, 2.45) is 0 Å². The van der Waals surface area contributed by atoms with Crippen LogP contribution in [0.2, 0.25) is 0 Å². The minimum atomic E-state index is -3.36. The maximum Gasteiger partial charge on any atom is 0.229 e. The summed E-state index contributed by atoms with van der Waals surface area (Å²) in [6.07, 6.45) is 10.0. The third-order valence-corrected chi connectivity index (χ3v) is 7.62. The van der Waals surface area contributed by atoms with Crippen LogP contribution in [0, 0.1) is 6.92 Å². The number of hydrogen-bond acceptors (Lipinski definition) is 4. The standard InChI is InChI=1S/C25H29N5O2S2/c1-17-16-19(12-13-20(17)28-34(2,31)32)30-24(22-11-7-15-29(22)18-8-3-4-9-18)23(27-25(30)33)21-10-5-6-14-26-21/h5-7,10-16,18,23-24,28H,3-4,8-9H2,1-2H3,(H,27,33)/t23-,24+/m1/s1. The van der Waals surface area contributed by atoms with Crippen LogP contribution in [-0.4, -0.2) is 29.3 Å². The van der Waals surface area contributed by atoms with E-state index in [1.165, 1.54) is 31.4 Å². The first-order chi connectivity index (χ1) is 16.3. The largest absolute Gasteiger partial charge is 0.351 e. The smallest absolute Gasteiger partial charge is 0.229 e. The summed E-state index contributed by atoms with van der Waals surface area (Å²) < 4.78 is 28.5. The fraction of sp³-hybridized carbons (Fsp3) is 0.360. The molecule has 2 fully saturated rings. The van der Waals surface area contributed by atoms with Crippen LogP contribution < -0.4 is 14.9 Å². The number of nitrogens with zero attached hydrogens (tertiary/aromatic N) is 3. The highest BCUT2D eigenvalue weighted by Crippen LogP contribution is 2.44. The van der Waals surface area contributed by atoms with Gasteiger partial charge in [-0.15, -0.1) is 0 Å². The fourth-order valence-corrected chi connectivity index (χ4v) is 6.19. The fourth-order valence-electron chi connectivity index (χ4n) is 5.22. The van der Waals surface area contributed by atoms with E-state index in [9.17, 15) is 8.42 Å². The number of rotatable bonds is 6. The number of aryl methyl sites for hydroxylation is 1. The van der Waals surface area contributed by atoms with Crippen molar-refractivity contribution in [2.75, 3.05) is 15.9 Å². The van der Waals surface area contributed by atoms with E-state index in [4.69, 9.17) is 12.2 Å². The first-order valence-corrected chi connectivity index (χ1v) is 13.9. The molecule has 0 unspecified atom stereocenters. The second-order valence-corrected chi connectivity index (χ2v) is 11.3. The van der Waals surface area contributed by atoms with Gasteiger partial charge in [-0.3, -0.25) is 9.71 Å². The molecule has 0 radical (unpaired) electrons. The number of hydrogen-bond donors (Lipinski definition) is 2. The molecule has 178 valence electrons. The molecular weight excluding hydrogens is 466 g/mol. The van der Waals surface area contributed by atoms with Gasteiger partial charge in [-0.25, -0.2) is 8.42 Å². The molecule has 1 aliphatic carbocycles. The van der Waals surface area contributed by atoms with Crippen LogP contribution in [0.15, 0.2) is 60.9 Å². The minimum absolute atomic E-state index is 0.0916. The van der Waals surface area contributed by atoms with Crippen molar-refractivity contribution in [3.05, 3.63) is 77.9 Å². The summed E-state index contributed by atoms with van der Waals surface area (Å²) in [7, 11) is -3.36. The van der Waals surface area contributed by atoms with Crippen LogP contribution >= 0.6 is 12.2 Å². The highest BCUT2D eigenvalue weighted by atomic mass is 32.2. The van der Waals surface area contributed by atoms with Gasteiger partial charge in [0.15, 0.2) is 5.11 Å². The zero-order valence-corrected chi connectivity index (χ0v) is 20.9. The zero-order chi connectivity index (χ0) is 23.9. The lowest BCUT2D eigenvalue weighted by atomic mass is 10.00. The maximum absolute atomic E-state index is 11.8. The molecule has 2 N–H and O–H groups in total. The summed E-state index contributed by atoms with van der Waals surface area (Å²) >= 11 is 5.86. The van der Waals surface area contributed by atoms with Gasteiger partial charge in [0.25, 0.3) is 0 Å². The highest BCUT2D eigenvalue weighted by molar-refractivity contribution is 7.92. The summed E-state index contributed by atoms with van der Waals surface area (Å²) in [6, 6.07) is 16.3. The van der Waals surface area contributed by atoms with Crippen LogP contribution in [-0.2, 0) is 10.0 Å². The van der Waals surface area contributed by atoms with Crippen molar-refractivity contribution in [1.29, 1.82) is 0 Å². The predicted octanol–water partition coefficient (Wildman–Crippen LogP) is 4.86. The Morgan fingerprint density at radius 3 is 2.59 bits per heavy atom. The highest BCUT2D eigenvalue weighted by Gasteiger charge is 2.42. The van der Waals surface area contributed by atoms with Crippen LogP contribution in [0.3, 0.4) is 0 Å². The number of anilines is 2. The molecule has 5 rings (SSSR count). The van der Waals surface area contributed by atoms with Gasteiger partial charge in [0.05, 0.1) is 23.7 Å². The molecule has 3 aromatic rings. The summed E-state index contributed by atoms with van der Waals surface area (Å²) in [5.74, 6) is 0. The Hall–Kier alpha value is -2.91. The average Bonchev–Trinajstić information content (AvgIpc) is 3.54. The lowest BCUT2D eigenvalue weighted by Crippen LogP contribution is -2.30. The SMILES string of the molecule is Cc1cc(N2C(=S)N[C@H](c3ccccn3)[C@@H]2c2cccn2C2CCCC2)ccc1NS(C)(=O)=O. The Balaban J connectivity index is 1.59. The molecule has 2 atom stereocenters. The van der Waals surface area contributed by atoms with Gasteiger partial charge >= 0.3 is 0 Å². The molecule has 2 aromatic heterocycles. The lowest BCUT2D eigenvalue weighted by Gasteiger charge is -2.30. The Kier molecular flexibility index (Phi) is 6.07. The Morgan fingerprint density at radius 1 is 1.12 bits per heavy atom. The average molecular weight is 496 g/mol. The first-order valence-electron chi connectivity index (χ1n) is 11.6. The van der Waals surface area contributed by atoms with E-state index in [-0.39, 0.29) is 12.1 Å². The number of thiocarbonyl (C=S) groups is 1. The van der Waals surface area contributed by atoms with E-state index >= 15 is 0 Å². The van der Waals surface area contributed by atoms with Crippen molar-refractivity contribution in [2.45, 2.75) is 50.7 Å². The molecule has 1 aromatic carbocycles. The molecule has 0 spiro atoms. The van der Waals surface area contributed by atoms with Crippen molar-refractivity contribution >= 4 is 38.7 Å². The number of benzene rings is 1. The zero-order valence-electron chi connectivity index (χ0n) is 19.3. The third-order valence-electron chi connectivity index (χ3n) is 6.71. The molecule has 2 aliphatic rings. The van der Waals surface area contributed by atoms with Crippen molar-refractivity contribution < 1.29 is 8.42 Å². The van der Waals surface area contributed by atoms with Crippen LogP contribution in [0.1, 0.15) is 60.8 Å². The van der Waals surface area contributed by atoms with Crippen molar-refractivity contribution in [1.82, 2.24) is 14.9 Å². The molecule has 1 saturated carbocycles. The Morgan fingerprint density at radius 2 is 1.91 bits per heavy atom. The maximum atomic E-state index is 11.8. The quantitative estimate of drug-likeness (QED) is 0.476. The van der Waals surface area contributed by atoms with Gasteiger partial charge in [-0.05, 0) is 80.0 Å². The molecular formula is C25H29N5O2S2. The number of aromatic nitrogens is 2. The Labute approximate surface area is 206 Å². The lowest BCUT2D eigenvalue weighted by molar-refractivity contribution is 0.461. The molecule has 3 heterocycles. The van der Waals surface area contributed by atoms with E-state index in [0.29, 0.717) is 16.8 Å². The van der Waals surface area contributed by atoms with Crippen LogP contribution in [0.5, 0.6) is 0 Å². The normalized spacial score (nSPS) is 21.1. The molecule has 0 amide bonds.